The molecule has 0 fully saturated rings. The van der Waals surface area contributed by atoms with Crippen molar-refractivity contribution in [2.45, 2.75) is 4.90 Å². The van der Waals surface area contributed by atoms with Gasteiger partial charge in [-0.2, -0.15) is 0 Å². The molecule has 0 bridgehead atoms. The van der Waals surface area contributed by atoms with Crippen LogP contribution in [-0.4, -0.2) is 19.4 Å². The van der Waals surface area contributed by atoms with Gasteiger partial charge in [0.05, 0.1) is 4.90 Å². The number of hydrogen-bond acceptors (Lipinski definition) is 3. The molecule has 0 atom stereocenters. The highest BCUT2D eigenvalue weighted by Crippen LogP contribution is 2.10. The fourth-order valence-corrected chi connectivity index (χ4v) is 2.33. The van der Waals surface area contributed by atoms with Crippen LogP contribution in [0, 0.1) is 0 Å². The van der Waals surface area contributed by atoms with Crippen molar-refractivity contribution < 1.29 is 13.2 Å². The van der Waals surface area contributed by atoms with E-state index in [2.05, 4.69) is 0 Å². The fraction of sp³-hybridized carbons (Fsp3) is 0.125. The van der Waals surface area contributed by atoms with Gasteiger partial charge in [0.25, 0.3) is 0 Å². The second-order valence-electron chi connectivity index (χ2n) is 2.43. The minimum absolute atomic E-state index is 0.115. The lowest BCUT2D eigenvalue weighted by Crippen LogP contribution is -2.11. The van der Waals surface area contributed by atoms with Crippen molar-refractivity contribution in [1.29, 1.82) is 0 Å². The number of hydrogen-bond donors (Lipinski definition) is 0. The van der Waals surface area contributed by atoms with Gasteiger partial charge in [-0.15, -0.1) is 0 Å². The lowest BCUT2D eigenvalue weighted by atomic mass is 10.4. The Morgan fingerprint density at radius 1 is 1.23 bits per heavy atom. The van der Waals surface area contributed by atoms with E-state index in [1.807, 2.05) is 0 Å². The third kappa shape index (κ3) is 2.82. The topological polar surface area (TPSA) is 51.2 Å². The molecule has 0 amide bonds. The maximum atomic E-state index is 11.3. The third-order valence-corrected chi connectivity index (χ3v) is 3.33. The molecule has 0 spiro atoms. The zero-order valence-electron chi connectivity index (χ0n) is 6.60. The minimum atomic E-state index is -3.54. The lowest BCUT2D eigenvalue weighted by molar-refractivity contribution is -0.109. The maximum Gasteiger partial charge on any atom is 0.237 e. The van der Waals surface area contributed by atoms with Gasteiger partial charge in [0.2, 0.25) is 5.24 Å². The van der Waals surface area contributed by atoms with Crippen LogP contribution in [0.2, 0.25) is 0 Å². The van der Waals surface area contributed by atoms with Crippen molar-refractivity contribution in [3.05, 3.63) is 30.3 Å². The van der Waals surface area contributed by atoms with E-state index in [9.17, 15) is 13.2 Å². The molecule has 0 N–H and O–H groups in total. The van der Waals surface area contributed by atoms with E-state index in [0.29, 0.717) is 0 Å². The largest absolute Gasteiger partial charge is 0.280 e. The van der Waals surface area contributed by atoms with Gasteiger partial charge >= 0.3 is 0 Å². The highest BCUT2D eigenvalue weighted by Gasteiger charge is 2.16. The molecular formula is C8H7ClO3S. The number of rotatable bonds is 3. The number of sulfone groups is 1. The van der Waals surface area contributed by atoms with Gasteiger partial charge in [-0.05, 0) is 23.7 Å². The quantitative estimate of drug-likeness (QED) is 0.717. The normalized spacial score (nSPS) is 11.2. The van der Waals surface area contributed by atoms with Crippen LogP contribution in [-0.2, 0) is 14.6 Å². The van der Waals surface area contributed by atoms with Crippen molar-refractivity contribution in [3.8, 4) is 0 Å². The Bertz CT molecular complexity index is 397. The SMILES string of the molecule is O=C(Cl)CS(=O)(=O)c1ccccc1. The van der Waals surface area contributed by atoms with Crippen LogP contribution in [0.15, 0.2) is 35.2 Å². The van der Waals surface area contributed by atoms with E-state index < -0.39 is 20.8 Å². The molecule has 0 saturated carbocycles. The summed E-state index contributed by atoms with van der Waals surface area (Å²) in [5.74, 6) is -0.654. The molecule has 0 aliphatic heterocycles. The number of carbonyl (C=O) groups excluding carboxylic acids is 1. The summed E-state index contributed by atoms with van der Waals surface area (Å²) in [5, 5.41) is -0.871. The van der Waals surface area contributed by atoms with E-state index in [1.54, 1.807) is 18.2 Å². The molecule has 70 valence electrons. The van der Waals surface area contributed by atoms with Crippen molar-refractivity contribution in [2.75, 3.05) is 5.75 Å². The molecule has 0 unspecified atom stereocenters. The van der Waals surface area contributed by atoms with Crippen molar-refractivity contribution in [3.63, 3.8) is 0 Å². The van der Waals surface area contributed by atoms with Gasteiger partial charge in [0.1, 0.15) is 5.75 Å². The summed E-state index contributed by atoms with van der Waals surface area (Å²) >= 11 is 4.99. The average Bonchev–Trinajstić information content (AvgIpc) is 2.04. The molecule has 0 radical (unpaired) electrons. The highest BCUT2D eigenvalue weighted by atomic mass is 35.5. The number of halogens is 1. The molecule has 1 rings (SSSR count). The number of carbonyl (C=O) groups is 1. The molecule has 1 aromatic carbocycles. The lowest BCUT2D eigenvalue weighted by Gasteiger charge is -1.99. The molecule has 5 heteroatoms. The maximum absolute atomic E-state index is 11.3. The predicted octanol–water partition coefficient (Wildman–Crippen LogP) is 1.23. The minimum Gasteiger partial charge on any atom is -0.280 e. The van der Waals surface area contributed by atoms with E-state index in [-0.39, 0.29) is 4.90 Å². The first-order valence-corrected chi connectivity index (χ1v) is 5.51. The zero-order chi connectivity index (χ0) is 9.90. The highest BCUT2D eigenvalue weighted by molar-refractivity contribution is 7.92. The molecule has 3 nitrogen and oxygen atoms in total. The van der Waals surface area contributed by atoms with Crippen molar-refractivity contribution >= 4 is 26.7 Å². The fourth-order valence-electron chi connectivity index (χ4n) is 0.861. The third-order valence-electron chi connectivity index (χ3n) is 1.41. The Morgan fingerprint density at radius 2 is 1.77 bits per heavy atom. The molecule has 0 heterocycles. The smallest absolute Gasteiger partial charge is 0.237 e. The van der Waals surface area contributed by atoms with Gasteiger partial charge < -0.3 is 0 Å². The van der Waals surface area contributed by atoms with Crippen LogP contribution >= 0.6 is 11.6 Å². The summed E-state index contributed by atoms with van der Waals surface area (Å²) in [5.41, 5.74) is 0. The Kier molecular flexibility index (Phi) is 3.06. The molecule has 0 aliphatic rings. The van der Waals surface area contributed by atoms with Gasteiger partial charge in [-0.25, -0.2) is 8.42 Å². The zero-order valence-corrected chi connectivity index (χ0v) is 8.18. The van der Waals surface area contributed by atoms with Crippen LogP contribution in [0.25, 0.3) is 0 Å². The first kappa shape index (κ1) is 10.2. The van der Waals surface area contributed by atoms with Crippen LogP contribution < -0.4 is 0 Å². The first-order valence-electron chi connectivity index (χ1n) is 3.48. The van der Waals surface area contributed by atoms with Crippen LogP contribution in [0.5, 0.6) is 0 Å². The summed E-state index contributed by atoms with van der Waals surface area (Å²) in [4.78, 5) is 10.5. The molecule has 13 heavy (non-hydrogen) atoms. The second-order valence-corrected chi connectivity index (χ2v) is 4.84. The van der Waals surface area contributed by atoms with E-state index in [0.717, 1.165) is 0 Å². The molecule has 0 saturated heterocycles. The monoisotopic (exact) mass is 218 g/mol. The first-order chi connectivity index (χ1) is 6.02. The van der Waals surface area contributed by atoms with Crippen molar-refractivity contribution in [2.24, 2.45) is 0 Å². The molecule has 0 aliphatic carbocycles. The summed E-state index contributed by atoms with van der Waals surface area (Å²) < 4.78 is 22.7. The summed E-state index contributed by atoms with van der Waals surface area (Å²) in [6.07, 6.45) is 0. The van der Waals surface area contributed by atoms with Gasteiger partial charge in [0.15, 0.2) is 9.84 Å². The predicted molar refractivity (Wildman–Crippen MR) is 49.4 cm³/mol. The molecule has 0 aromatic heterocycles. The van der Waals surface area contributed by atoms with Crippen LogP contribution in [0.4, 0.5) is 0 Å². The molecular weight excluding hydrogens is 212 g/mol. The summed E-state index contributed by atoms with van der Waals surface area (Å²) in [7, 11) is -3.54. The van der Waals surface area contributed by atoms with Gasteiger partial charge in [-0.3, -0.25) is 4.79 Å². The van der Waals surface area contributed by atoms with Crippen LogP contribution in [0.1, 0.15) is 0 Å². The molecule has 1 aromatic rings. The van der Waals surface area contributed by atoms with Crippen LogP contribution in [0.3, 0.4) is 0 Å². The van der Waals surface area contributed by atoms with Gasteiger partial charge in [0, 0.05) is 0 Å². The van der Waals surface area contributed by atoms with Crippen molar-refractivity contribution in [1.82, 2.24) is 0 Å². The Balaban J connectivity index is 3.02. The van der Waals surface area contributed by atoms with E-state index >= 15 is 0 Å². The summed E-state index contributed by atoms with van der Waals surface area (Å²) in [6.45, 7) is 0. The standard InChI is InChI=1S/C8H7ClO3S/c9-8(10)6-13(11,12)7-4-2-1-3-5-7/h1-5H,6H2. The summed E-state index contributed by atoms with van der Waals surface area (Å²) in [6, 6.07) is 7.73. The Labute approximate surface area is 81.3 Å². The average molecular weight is 219 g/mol. The Morgan fingerprint density at radius 3 is 2.23 bits per heavy atom. The van der Waals surface area contributed by atoms with E-state index in [1.165, 1.54) is 12.1 Å². The number of benzene rings is 1. The van der Waals surface area contributed by atoms with Gasteiger partial charge in [-0.1, -0.05) is 18.2 Å². The van der Waals surface area contributed by atoms with E-state index in [4.69, 9.17) is 11.6 Å². The Hall–Kier alpha value is -0.870. The second kappa shape index (κ2) is 3.89.